The van der Waals surface area contributed by atoms with E-state index in [4.69, 9.17) is 15.4 Å². The minimum Gasteiger partial charge on any atom is -0.481 e. The third-order valence-electron chi connectivity index (χ3n) is 1.95. The monoisotopic (exact) mass is 171 g/mol. The van der Waals surface area contributed by atoms with Gasteiger partial charge in [-0.15, -0.1) is 0 Å². The number of nitrogens with zero attached hydrogens (tertiary/aromatic N) is 3. The number of ether oxygens (including phenoxy) is 1. The quantitative estimate of drug-likeness (QED) is 0.380. The number of carboxylic acids is 1. The van der Waals surface area contributed by atoms with Crippen LogP contribution in [0, 0.1) is 0 Å². The minimum absolute atomic E-state index is 0.256. The Kier molecular flexibility index (Phi) is 2.52. The molecule has 66 valence electrons. The topological polar surface area (TPSA) is 95.3 Å². The van der Waals surface area contributed by atoms with Gasteiger partial charge in [-0.2, -0.15) is 0 Å². The van der Waals surface area contributed by atoms with Crippen LogP contribution < -0.4 is 0 Å². The van der Waals surface area contributed by atoms with Crippen LogP contribution in [0.4, 0.5) is 0 Å². The predicted octanol–water partition coefficient (Wildman–Crippen LogP) is 0.931. The highest BCUT2D eigenvalue weighted by atomic mass is 16.5. The first-order valence-electron chi connectivity index (χ1n) is 3.59. The Bertz CT molecular complexity index is 224. The van der Waals surface area contributed by atoms with Crippen molar-refractivity contribution in [2.45, 2.75) is 18.4 Å². The van der Waals surface area contributed by atoms with E-state index in [1.165, 1.54) is 0 Å². The fourth-order valence-corrected chi connectivity index (χ4v) is 1.15. The van der Waals surface area contributed by atoms with E-state index in [-0.39, 0.29) is 12.8 Å². The van der Waals surface area contributed by atoms with Crippen LogP contribution in [0.5, 0.6) is 0 Å². The number of hydrogen-bond donors (Lipinski definition) is 1. The van der Waals surface area contributed by atoms with Gasteiger partial charge in [0.15, 0.2) is 5.54 Å². The summed E-state index contributed by atoms with van der Waals surface area (Å²) in [5.41, 5.74) is 6.92. The van der Waals surface area contributed by atoms with Crippen LogP contribution in [0.25, 0.3) is 10.4 Å². The molecule has 0 aromatic heterocycles. The summed E-state index contributed by atoms with van der Waals surface area (Å²) in [5.74, 6) is -1.07. The summed E-state index contributed by atoms with van der Waals surface area (Å²) >= 11 is 0. The van der Waals surface area contributed by atoms with Crippen LogP contribution in [0.3, 0.4) is 0 Å². The van der Waals surface area contributed by atoms with Crippen molar-refractivity contribution >= 4 is 5.97 Å². The summed E-state index contributed by atoms with van der Waals surface area (Å²) in [6.07, 6.45) is 0.513. The summed E-state index contributed by atoms with van der Waals surface area (Å²) in [6, 6.07) is 0. The summed E-state index contributed by atoms with van der Waals surface area (Å²) in [5, 5.41) is 12.1. The van der Waals surface area contributed by atoms with Crippen LogP contribution in [-0.4, -0.2) is 29.8 Å². The maximum Gasteiger partial charge on any atom is 0.315 e. The van der Waals surface area contributed by atoms with Crippen molar-refractivity contribution in [2.24, 2.45) is 5.11 Å². The Morgan fingerprint density at radius 1 is 1.58 bits per heavy atom. The molecule has 6 heteroatoms. The van der Waals surface area contributed by atoms with E-state index in [0.717, 1.165) is 0 Å². The Morgan fingerprint density at radius 3 is 2.58 bits per heavy atom. The molecule has 0 amide bonds. The molecular formula is C6H9N3O3. The lowest BCUT2D eigenvalue weighted by molar-refractivity contribution is -0.146. The average molecular weight is 171 g/mol. The second kappa shape index (κ2) is 3.42. The summed E-state index contributed by atoms with van der Waals surface area (Å²) in [6.45, 7) is 0.677. The average Bonchev–Trinajstić information content (AvgIpc) is 2.06. The highest BCUT2D eigenvalue weighted by molar-refractivity contribution is 5.79. The van der Waals surface area contributed by atoms with Gasteiger partial charge in [0.25, 0.3) is 0 Å². The van der Waals surface area contributed by atoms with E-state index >= 15 is 0 Å². The lowest BCUT2D eigenvalue weighted by Crippen LogP contribution is -2.41. The molecule has 0 aromatic carbocycles. The molecular weight excluding hydrogens is 162 g/mol. The van der Waals surface area contributed by atoms with Gasteiger partial charge in [-0.25, -0.2) is 0 Å². The Labute approximate surface area is 68.8 Å². The molecule has 0 radical (unpaired) electrons. The maximum atomic E-state index is 10.7. The fourth-order valence-electron chi connectivity index (χ4n) is 1.15. The first kappa shape index (κ1) is 8.83. The number of hydrogen-bond acceptors (Lipinski definition) is 3. The van der Waals surface area contributed by atoms with E-state index in [1.54, 1.807) is 0 Å². The van der Waals surface area contributed by atoms with Crippen molar-refractivity contribution in [1.29, 1.82) is 0 Å². The van der Waals surface area contributed by atoms with Crippen molar-refractivity contribution in [3.05, 3.63) is 10.4 Å². The highest BCUT2D eigenvalue weighted by Crippen LogP contribution is 2.25. The third-order valence-corrected chi connectivity index (χ3v) is 1.95. The van der Waals surface area contributed by atoms with Gasteiger partial charge in [0.2, 0.25) is 0 Å². The third kappa shape index (κ3) is 1.49. The highest BCUT2D eigenvalue weighted by Gasteiger charge is 2.39. The molecule has 0 aromatic rings. The first-order chi connectivity index (χ1) is 5.71. The van der Waals surface area contributed by atoms with Gasteiger partial charge in [0.05, 0.1) is 0 Å². The Hall–Kier alpha value is -1.26. The van der Waals surface area contributed by atoms with Gasteiger partial charge in [0.1, 0.15) is 0 Å². The van der Waals surface area contributed by atoms with Crippen molar-refractivity contribution < 1.29 is 14.6 Å². The van der Waals surface area contributed by atoms with E-state index in [2.05, 4.69) is 10.0 Å². The molecule has 1 heterocycles. The molecule has 12 heavy (non-hydrogen) atoms. The Balaban J connectivity index is 2.83. The van der Waals surface area contributed by atoms with E-state index in [1.807, 2.05) is 0 Å². The molecule has 0 atom stereocenters. The predicted molar refractivity (Wildman–Crippen MR) is 39.6 cm³/mol. The minimum atomic E-state index is -1.27. The molecule has 6 nitrogen and oxygen atoms in total. The second-order valence-corrected chi connectivity index (χ2v) is 2.64. The molecule has 0 saturated carbocycles. The Morgan fingerprint density at radius 2 is 2.17 bits per heavy atom. The van der Waals surface area contributed by atoms with Gasteiger partial charge in [-0.1, -0.05) is 5.11 Å². The molecule has 1 aliphatic heterocycles. The molecule has 0 spiro atoms. The standard InChI is InChI=1S/C6H9N3O3/c7-9-8-6(5(10)11)1-3-12-4-2-6/h1-4H2,(H,10,11). The second-order valence-electron chi connectivity index (χ2n) is 2.64. The van der Waals surface area contributed by atoms with Crippen LogP contribution in [0.2, 0.25) is 0 Å². The fraction of sp³-hybridized carbons (Fsp3) is 0.833. The van der Waals surface area contributed by atoms with E-state index < -0.39 is 11.5 Å². The van der Waals surface area contributed by atoms with Gasteiger partial charge in [0, 0.05) is 18.1 Å². The molecule has 0 bridgehead atoms. The molecule has 1 fully saturated rings. The van der Waals surface area contributed by atoms with Crippen LogP contribution in [0.15, 0.2) is 5.11 Å². The molecule has 0 aliphatic carbocycles. The molecule has 0 unspecified atom stereocenters. The molecule has 1 aliphatic rings. The van der Waals surface area contributed by atoms with Gasteiger partial charge in [-0.05, 0) is 18.4 Å². The summed E-state index contributed by atoms with van der Waals surface area (Å²) < 4.78 is 4.97. The van der Waals surface area contributed by atoms with Crippen LogP contribution >= 0.6 is 0 Å². The normalized spacial score (nSPS) is 21.0. The van der Waals surface area contributed by atoms with E-state index in [9.17, 15) is 4.79 Å². The molecule has 1 saturated heterocycles. The SMILES string of the molecule is [N-]=[N+]=NC1(C(=O)O)CCOCC1. The largest absolute Gasteiger partial charge is 0.481 e. The number of carboxylic acid groups (broad SMARTS) is 1. The van der Waals surface area contributed by atoms with Gasteiger partial charge < -0.3 is 9.84 Å². The summed E-state index contributed by atoms with van der Waals surface area (Å²) in [7, 11) is 0. The lowest BCUT2D eigenvalue weighted by atomic mass is 9.91. The van der Waals surface area contributed by atoms with Crippen molar-refractivity contribution in [1.82, 2.24) is 0 Å². The first-order valence-corrected chi connectivity index (χ1v) is 3.59. The number of azide groups is 1. The lowest BCUT2D eigenvalue weighted by Gasteiger charge is -2.27. The number of aliphatic carboxylic acids is 1. The van der Waals surface area contributed by atoms with Crippen LogP contribution in [0.1, 0.15) is 12.8 Å². The smallest absolute Gasteiger partial charge is 0.315 e. The summed E-state index contributed by atoms with van der Waals surface area (Å²) in [4.78, 5) is 13.3. The number of carbonyl (C=O) groups is 1. The van der Waals surface area contributed by atoms with Crippen LogP contribution in [-0.2, 0) is 9.53 Å². The zero-order valence-corrected chi connectivity index (χ0v) is 6.43. The molecule has 1 rings (SSSR count). The zero-order valence-electron chi connectivity index (χ0n) is 6.43. The van der Waals surface area contributed by atoms with Crippen molar-refractivity contribution in [3.8, 4) is 0 Å². The number of rotatable bonds is 2. The van der Waals surface area contributed by atoms with E-state index in [0.29, 0.717) is 13.2 Å². The van der Waals surface area contributed by atoms with Gasteiger partial charge >= 0.3 is 5.97 Å². The van der Waals surface area contributed by atoms with Gasteiger partial charge in [-0.3, -0.25) is 4.79 Å². The van der Waals surface area contributed by atoms with Crippen molar-refractivity contribution in [2.75, 3.05) is 13.2 Å². The zero-order chi connectivity index (χ0) is 9.03. The maximum absolute atomic E-state index is 10.7. The van der Waals surface area contributed by atoms with Crippen molar-refractivity contribution in [3.63, 3.8) is 0 Å². The molecule has 1 N–H and O–H groups in total.